The van der Waals surface area contributed by atoms with Crippen LogP contribution in [0.5, 0.6) is 0 Å². The Kier molecular flexibility index (Phi) is 0.960. The minimum atomic E-state index is 0.500. The van der Waals surface area contributed by atoms with Gasteiger partial charge in [-0.15, -0.1) is 0 Å². The summed E-state index contributed by atoms with van der Waals surface area (Å²) >= 11 is 0. The van der Waals surface area contributed by atoms with Gasteiger partial charge < -0.3 is 9.23 Å². The minimum absolute atomic E-state index is 0.500. The van der Waals surface area contributed by atoms with E-state index in [2.05, 4.69) is 0 Å². The second-order valence-corrected chi connectivity index (χ2v) is 0.934. The highest BCUT2D eigenvalue weighted by Crippen LogP contribution is 1.79. The van der Waals surface area contributed by atoms with Crippen LogP contribution in [0, 0.1) is 0 Å². The molecule has 0 N–H and O–H groups in total. The lowest BCUT2D eigenvalue weighted by atomic mass is 10.1. The van der Waals surface area contributed by atoms with Gasteiger partial charge in [-0.2, -0.15) is 0 Å². The lowest BCUT2D eigenvalue weighted by Crippen LogP contribution is -1.87. The first-order valence-electron chi connectivity index (χ1n) is 1.65. The Balaban J connectivity index is 2.08. The van der Waals surface area contributed by atoms with Crippen molar-refractivity contribution in [3.05, 3.63) is 0 Å². The molecule has 0 saturated carbocycles. The quantitative estimate of drug-likeness (QED) is 0.326. The molecule has 1 rings (SSSR count). The Morgan fingerprint density at radius 1 is 1.60 bits per heavy atom. The van der Waals surface area contributed by atoms with Crippen molar-refractivity contribution in [1.29, 1.82) is 0 Å². The third-order valence-corrected chi connectivity index (χ3v) is 0.539. The van der Waals surface area contributed by atoms with Gasteiger partial charge in [-0.1, -0.05) is 0 Å². The molecular formula is CH4B2O2. The minimum Gasteiger partial charge on any atom is -0.479 e. The highest BCUT2D eigenvalue weighted by atomic mass is 16.6. The molecule has 0 bridgehead atoms. The number of hydrogen-bond acceptors (Lipinski definition) is 2. The van der Waals surface area contributed by atoms with Crippen LogP contribution in [0.4, 0.5) is 0 Å². The van der Waals surface area contributed by atoms with E-state index in [1.807, 2.05) is 0 Å². The number of rotatable bonds is 0. The smallest absolute Gasteiger partial charge is 0.421 e. The average Bonchev–Trinajstić information content (AvgIpc) is 1.76. The molecule has 1 fully saturated rings. The van der Waals surface area contributed by atoms with E-state index < -0.39 is 0 Å². The van der Waals surface area contributed by atoms with Gasteiger partial charge in [-0.25, -0.2) is 0 Å². The summed E-state index contributed by atoms with van der Waals surface area (Å²) in [5.74, 6) is 0. The van der Waals surface area contributed by atoms with Gasteiger partial charge in [-0.05, 0) is 0 Å². The molecule has 0 aliphatic carbocycles. The second kappa shape index (κ2) is 1.48. The predicted molar refractivity (Wildman–Crippen MR) is 21.3 cm³/mol. The van der Waals surface area contributed by atoms with Crippen LogP contribution in [0.25, 0.3) is 0 Å². The van der Waals surface area contributed by atoms with Crippen LogP contribution < -0.4 is 0 Å². The highest BCUT2D eigenvalue weighted by Gasteiger charge is 2.01. The molecule has 0 aromatic carbocycles. The molecule has 4 heteroatoms. The van der Waals surface area contributed by atoms with Crippen molar-refractivity contribution in [3.63, 3.8) is 0 Å². The molecule has 0 spiro atoms. The Morgan fingerprint density at radius 2 is 2.60 bits per heavy atom. The zero-order valence-electron chi connectivity index (χ0n) is 2.94. The van der Waals surface area contributed by atoms with Crippen LogP contribution in [0.15, 0.2) is 0 Å². The van der Waals surface area contributed by atoms with Crippen LogP contribution in [0.2, 0.25) is 0 Å². The van der Waals surface area contributed by atoms with Crippen molar-refractivity contribution in [3.8, 4) is 0 Å². The van der Waals surface area contributed by atoms with E-state index in [4.69, 9.17) is 9.23 Å². The topological polar surface area (TPSA) is 18.5 Å². The molecule has 0 amide bonds. The fraction of sp³-hybridized carbons (Fsp3) is 1.00. The molecule has 26 valence electrons. The molecule has 2 nitrogen and oxygen atoms in total. The van der Waals surface area contributed by atoms with Crippen molar-refractivity contribution in [2.24, 2.45) is 0 Å². The molecule has 1 aliphatic heterocycles. The molecule has 0 aromatic heterocycles. The largest absolute Gasteiger partial charge is 0.479 e. The van der Waals surface area contributed by atoms with Crippen LogP contribution in [0.1, 0.15) is 0 Å². The van der Waals surface area contributed by atoms with E-state index in [0.717, 1.165) is 14.0 Å². The van der Waals surface area contributed by atoms with Crippen molar-refractivity contribution >= 4 is 15.2 Å². The van der Waals surface area contributed by atoms with Gasteiger partial charge in [0, 0.05) is 6.51 Å². The normalized spacial score (nSPS) is 20.8. The highest BCUT2D eigenvalue weighted by molar-refractivity contribution is 6.43. The Labute approximate surface area is 32.0 Å². The second-order valence-electron chi connectivity index (χ2n) is 0.934. The molecule has 0 atom stereocenters. The summed E-state index contributed by atoms with van der Waals surface area (Å²) in [4.78, 5) is 0. The van der Waals surface area contributed by atoms with E-state index in [-0.39, 0.29) is 0 Å². The van der Waals surface area contributed by atoms with Gasteiger partial charge >= 0.3 is 7.69 Å². The van der Waals surface area contributed by atoms with Crippen molar-refractivity contribution < 1.29 is 9.23 Å². The van der Waals surface area contributed by atoms with Gasteiger partial charge in [0.05, 0.1) is 0 Å². The molecular weight excluding hydrogens is 65.6 g/mol. The van der Waals surface area contributed by atoms with Gasteiger partial charge in [-0.3, -0.25) is 0 Å². The monoisotopic (exact) mass is 70.0 g/mol. The van der Waals surface area contributed by atoms with Crippen molar-refractivity contribution in [1.82, 2.24) is 0 Å². The van der Waals surface area contributed by atoms with E-state index in [1.54, 1.807) is 0 Å². The van der Waals surface area contributed by atoms with Crippen LogP contribution in [0.3, 0.4) is 0 Å². The van der Waals surface area contributed by atoms with E-state index in [0.29, 0.717) is 7.69 Å². The van der Waals surface area contributed by atoms with Gasteiger partial charge in [0.2, 0.25) is 0 Å². The maximum Gasteiger partial charge on any atom is 0.421 e. The Morgan fingerprint density at radius 3 is 2.80 bits per heavy atom. The molecule has 1 aliphatic rings. The summed E-state index contributed by atoms with van der Waals surface area (Å²) in [6.07, 6.45) is 0. The summed E-state index contributed by atoms with van der Waals surface area (Å²) in [6, 6.07) is 0. The van der Waals surface area contributed by atoms with Crippen molar-refractivity contribution in [2.45, 2.75) is 0 Å². The molecule has 1 heterocycles. The Hall–Kier alpha value is 0.0499. The zero-order chi connectivity index (χ0) is 3.54. The zero-order valence-corrected chi connectivity index (χ0v) is 2.94. The lowest BCUT2D eigenvalue weighted by Gasteiger charge is -1.73. The molecule has 0 unspecified atom stereocenters. The number of hydrogen-bond donors (Lipinski definition) is 0. The summed E-state index contributed by atoms with van der Waals surface area (Å²) < 4.78 is 9.44. The van der Waals surface area contributed by atoms with Crippen molar-refractivity contribution in [2.75, 3.05) is 6.51 Å². The fourth-order valence-electron chi connectivity index (χ4n) is 0.295. The van der Waals surface area contributed by atoms with Crippen LogP contribution in [-0.2, 0) is 9.23 Å². The van der Waals surface area contributed by atoms with E-state index in [1.165, 1.54) is 0 Å². The first-order chi connectivity index (χ1) is 2.50. The van der Waals surface area contributed by atoms with E-state index >= 15 is 0 Å². The summed E-state index contributed by atoms with van der Waals surface area (Å²) in [5, 5.41) is 0. The fourth-order valence-corrected chi connectivity index (χ4v) is 0.295. The Bertz CT molecular complexity index is 19.2. The SMILES string of the molecule is B1COBO1. The van der Waals surface area contributed by atoms with Crippen LogP contribution in [-0.4, -0.2) is 21.7 Å². The summed E-state index contributed by atoms with van der Waals surface area (Å²) in [7, 11) is 1.28. The maximum absolute atomic E-state index is 4.72. The first-order valence-corrected chi connectivity index (χ1v) is 1.65. The average molecular weight is 69.7 g/mol. The van der Waals surface area contributed by atoms with Gasteiger partial charge in [0.25, 0.3) is 7.48 Å². The molecule has 0 aromatic rings. The maximum atomic E-state index is 4.72. The van der Waals surface area contributed by atoms with Gasteiger partial charge in [0.1, 0.15) is 0 Å². The first kappa shape index (κ1) is 3.25. The van der Waals surface area contributed by atoms with Crippen LogP contribution >= 0.6 is 0 Å². The standard InChI is InChI=1S/CH4B2O2/c1-2-5-3-4-1/h2-3H,1H2. The molecule has 5 heavy (non-hydrogen) atoms. The summed E-state index contributed by atoms with van der Waals surface area (Å²) in [5.41, 5.74) is 0. The third-order valence-electron chi connectivity index (χ3n) is 0.539. The third kappa shape index (κ3) is 0.667. The molecule has 1 saturated heterocycles. The summed E-state index contributed by atoms with van der Waals surface area (Å²) in [6.45, 7) is 0.778. The van der Waals surface area contributed by atoms with E-state index in [9.17, 15) is 0 Å². The predicted octanol–water partition coefficient (Wildman–Crippen LogP) is -1.39. The lowest BCUT2D eigenvalue weighted by molar-refractivity contribution is 0.402. The van der Waals surface area contributed by atoms with Gasteiger partial charge in [0.15, 0.2) is 0 Å². The molecule has 0 radical (unpaired) electrons.